The number of phenols is 1. The molecule has 1 heterocycles. The summed E-state index contributed by atoms with van der Waals surface area (Å²) in [6, 6.07) is 6.61. The minimum atomic E-state index is -4.61. The molecule has 8 heteroatoms. The quantitative estimate of drug-likeness (QED) is 0.660. The number of aldehydes is 1. The Kier molecular flexibility index (Phi) is 4.04. The number of hydrogen-bond acceptors (Lipinski definition) is 3. The van der Waals surface area contributed by atoms with Crippen molar-refractivity contribution in [2.45, 2.75) is 6.18 Å². The van der Waals surface area contributed by atoms with Gasteiger partial charge in [-0.2, -0.15) is 13.2 Å². The van der Waals surface area contributed by atoms with E-state index in [1.54, 1.807) is 0 Å². The Bertz CT molecular complexity index is 1060. The monoisotopic (exact) mass is 367 g/mol. The van der Waals surface area contributed by atoms with E-state index in [0.717, 1.165) is 18.2 Å². The van der Waals surface area contributed by atoms with Gasteiger partial charge in [0.2, 0.25) is 0 Å². The highest BCUT2D eigenvalue weighted by atomic mass is 35.5. The van der Waals surface area contributed by atoms with Crippen molar-refractivity contribution >= 4 is 28.8 Å². The summed E-state index contributed by atoms with van der Waals surface area (Å²) in [6.07, 6.45) is -4.38. The molecule has 2 aromatic carbocycles. The highest BCUT2D eigenvalue weighted by molar-refractivity contribution is 6.31. The van der Waals surface area contributed by atoms with Gasteiger partial charge in [-0.15, -0.1) is 0 Å². The largest absolute Gasteiger partial charge is 0.507 e. The van der Waals surface area contributed by atoms with E-state index in [1.165, 1.54) is 18.2 Å². The summed E-state index contributed by atoms with van der Waals surface area (Å²) in [4.78, 5) is 25.9. The maximum Gasteiger partial charge on any atom is 0.416 e. The van der Waals surface area contributed by atoms with Gasteiger partial charge in [-0.3, -0.25) is 9.59 Å². The topological polar surface area (TPSA) is 70.2 Å². The first-order valence-corrected chi connectivity index (χ1v) is 7.31. The SMILES string of the molecule is O=Cc1c(-c2cc(Cl)ccc2O)c2cc(C(F)(F)F)ccc2[nH]c1=O. The lowest BCUT2D eigenvalue weighted by atomic mass is 9.95. The van der Waals surface area contributed by atoms with Crippen LogP contribution in [0.4, 0.5) is 13.2 Å². The highest BCUT2D eigenvalue weighted by Crippen LogP contribution is 2.39. The average molecular weight is 368 g/mol. The van der Waals surface area contributed by atoms with Gasteiger partial charge in [-0.25, -0.2) is 0 Å². The van der Waals surface area contributed by atoms with Gasteiger partial charge in [0.15, 0.2) is 6.29 Å². The van der Waals surface area contributed by atoms with Crippen molar-refractivity contribution in [3.8, 4) is 16.9 Å². The van der Waals surface area contributed by atoms with Crippen LogP contribution in [0.2, 0.25) is 5.02 Å². The Morgan fingerprint density at radius 3 is 2.48 bits per heavy atom. The zero-order chi connectivity index (χ0) is 18.4. The molecule has 0 aliphatic rings. The Morgan fingerprint density at radius 1 is 1.12 bits per heavy atom. The predicted molar refractivity (Wildman–Crippen MR) is 87.1 cm³/mol. The van der Waals surface area contributed by atoms with Gasteiger partial charge < -0.3 is 10.1 Å². The molecule has 0 bridgehead atoms. The number of carbonyl (C=O) groups is 1. The first-order valence-electron chi connectivity index (χ1n) is 6.93. The first-order chi connectivity index (χ1) is 11.7. The molecular weight excluding hydrogens is 359 g/mol. The molecule has 0 aliphatic heterocycles. The van der Waals surface area contributed by atoms with Crippen molar-refractivity contribution in [1.29, 1.82) is 0 Å². The normalized spacial score (nSPS) is 11.7. The molecule has 128 valence electrons. The molecule has 3 aromatic rings. The molecule has 4 nitrogen and oxygen atoms in total. The lowest BCUT2D eigenvalue weighted by molar-refractivity contribution is -0.137. The maximum atomic E-state index is 13.0. The lowest BCUT2D eigenvalue weighted by Gasteiger charge is -2.14. The second-order valence-corrected chi connectivity index (χ2v) is 5.72. The molecule has 0 amide bonds. The third-order valence-corrected chi connectivity index (χ3v) is 3.96. The van der Waals surface area contributed by atoms with Crippen LogP contribution >= 0.6 is 11.6 Å². The van der Waals surface area contributed by atoms with Crippen molar-refractivity contribution in [2.75, 3.05) is 0 Å². The second kappa shape index (κ2) is 5.93. The van der Waals surface area contributed by atoms with Crippen molar-refractivity contribution in [1.82, 2.24) is 4.98 Å². The number of halogens is 4. The number of nitrogens with one attached hydrogen (secondary N) is 1. The average Bonchev–Trinajstić information content (AvgIpc) is 2.54. The molecule has 0 saturated carbocycles. The smallest absolute Gasteiger partial charge is 0.416 e. The number of fused-ring (bicyclic) bond motifs is 1. The van der Waals surface area contributed by atoms with E-state index in [9.17, 15) is 27.9 Å². The summed E-state index contributed by atoms with van der Waals surface area (Å²) in [5, 5.41) is 10.2. The van der Waals surface area contributed by atoms with E-state index in [1.807, 2.05) is 0 Å². The van der Waals surface area contributed by atoms with Gasteiger partial charge in [0.05, 0.1) is 11.1 Å². The highest BCUT2D eigenvalue weighted by Gasteiger charge is 2.31. The number of alkyl halides is 3. The first kappa shape index (κ1) is 17.0. The number of aromatic amines is 1. The zero-order valence-corrected chi connectivity index (χ0v) is 13.1. The molecule has 3 rings (SSSR count). The van der Waals surface area contributed by atoms with E-state index in [-0.39, 0.29) is 39.1 Å². The fourth-order valence-corrected chi connectivity index (χ4v) is 2.77. The molecule has 1 aromatic heterocycles. The molecular formula is C17H9ClF3NO3. The van der Waals surface area contributed by atoms with Gasteiger partial charge in [0, 0.05) is 27.1 Å². The molecule has 0 saturated heterocycles. The van der Waals surface area contributed by atoms with Crippen molar-refractivity contribution in [3.63, 3.8) is 0 Å². The summed E-state index contributed by atoms with van der Waals surface area (Å²) in [5.74, 6) is -0.322. The van der Waals surface area contributed by atoms with Crippen molar-refractivity contribution in [2.24, 2.45) is 0 Å². The van der Waals surface area contributed by atoms with Crippen LogP contribution in [0, 0.1) is 0 Å². The van der Waals surface area contributed by atoms with Gasteiger partial charge in [0.25, 0.3) is 5.56 Å². The number of pyridine rings is 1. The van der Waals surface area contributed by atoms with Gasteiger partial charge in [-0.05, 0) is 36.4 Å². The van der Waals surface area contributed by atoms with Gasteiger partial charge >= 0.3 is 6.18 Å². The zero-order valence-electron chi connectivity index (χ0n) is 12.3. The number of carbonyl (C=O) groups excluding carboxylic acids is 1. The van der Waals surface area contributed by atoms with Crippen LogP contribution in [0.25, 0.3) is 22.0 Å². The second-order valence-electron chi connectivity index (χ2n) is 5.28. The number of aromatic nitrogens is 1. The van der Waals surface area contributed by atoms with Crippen LogP contribution in [-0.4, -0.2) is 16.4 Å². The predicted octanol–water partition coefficient (Wildman–Crippen LogP) is 4.39. The number of H-pyrrole nitrogens is 1. The molecule has 0 atom stereocenters. The summed E-state index contributed by atoms with van der Waals surface area (Å²) >= 11 is 5.89. The summed E-state index contributed by atoms with van der Waals surface area (Å²) in [6.45, 7) is 0. The van der Waals surface area contributed by atoms with E-state index < -0.39 is 22.9 Å². The van der Waals surface area contributed by atoms with Crippen molar-refractivity contribution in [3.05, 3.63) is 62.9 Å². The Hall–Kier alpha value is -2.80. The molecule has 2 N–H and O–H groups in total. The third kappa shape index (κ3) is 2.98. The molecule has 25 heavy (non-hydrogen) atoms. The molecule has 0 unspecified atom stereocenters. The summed E-state index contributed by atoms with van der Waals surface area (Å²) in [5.41, 5.74) is -2.16. The lowest BCUT2D eigenvalue weighted by Crippen LogP contribution is -2.15. The molecule has 0 spiro atoms. The van der Waals surface area contributed by atoms with Crippen LogP contribution in [-0.2, 0) is 6.18 Å². The van der Waals surface area contributed by atoms with Gasteiger partial charge in [-0.1, -0.05) is 11.6 Å². The van der Waals surface area contributed by atoms with E-state index in [4.69, 9.17) is 11.6 Å². The minimum Gasteiger partial charge on any atom is -0.507 e. The summed E-state index contributed by atoms with van der Waals surface area (Å²) < 4.78 is 39.1. The van der Waals surface area contributed by atoms with E-state index in [2.05, 4.69) is 4.98 Å². The van der Waals surface area contributed by atoms with Crippen LogP contribution in [0.3, 0.4) is 0 Å². The number of phenolic OH excluding ortho intramolecular Hbond substituents is 1. The number of aromatic hydroxyl groups is 1. The standard InChI is InChI=1S/C17H9ClF3NO3/c18-9-2-4-14(24)11(6-9)15-10-5-8(17(19,20)21)1-3-13(10)22-16(25)12(15)7-23/h1-7,24H,(H,22,25). The molecule has 0 fully saturated rings. The molecule has 0 aliphatic carbocycles. The van der Waals surface area contributed by atoms with Crippen LogP contribution in [0.1, 0.15) is 15.9 Å². The number of benzene rings is 2. The minimum absolute atomic E-state index is 0.00924. The number of hydrogen-bond donors (Lipinski definition) is 2. The van der Waals surface area contributed by atoms with Gasteiger partial charge in [0.1, 0.15) is 5.75 Å². The Morgan fingerprint density at radius 2 is 1.84 bits per heavy atom. The fraction of sp³-hybridized carbons (Fsp3) is 0.0588. The van der Waals surface area contributed by atoms with Crippen LogP contribution in [0.5, 0.6) is 5.75 Å². The van der Waals surface area contributed by atoms with Crippen LogP contribution in [0.15, 0.2) is 41.2 Å². The third-order valence-electron chi connectivity index (χ3n) is 3.72. The van der Waals surface area contributed by atoms with Crippen LogP contribution < -0.4 is 5.56 Å². The fourth-order valence-electron chi connectivity index (χ4n) is 2.60. The summed E-state index contributed by atoms with van der Waals surface area (Å²) in [7, 11) is 0. The Labute approximate surface area is 143 Å². The van der Waals surface area contributed by atoms with Crippen molar-refractivity contribution < 1.29 is 23.1 Å². The van der Waals surface area contributed by atoms with E-state index in [0.29, 0.717) is 0 Å². The number of rotatable bonds is 2. The molecule has 0 radical (unpaired) electrons. The van der Waals surface area contributed by atoms with E-state index >= 15 is 0 Å². The Balaban J connectivity index is 2.51. The maximum absolute atomic E-state index is 13.0.